The van der Waals surface area contributed by atoms with E-state index in [2.05, 4.69) is 9.93 Å². The van der Waals surface area contributed by atoms with E-state index in [1.54, 1.807) is 0 Å². The normalized spacial score (nSPS) is 11.7. The van der Waals surface area contributed by atoms with Crippen molar-refractivity contribution in [2.24, 2.45) is 5.10 Å². The molecule has 6 heteroatoms. The summed E-state index contributed by atoms with van der Waals surface area (Å²) in [6, 6.07) is 7.66. The molecule has 5 nitrogen and oxygen atoms in total. The molecule has 0 bridgehead atoms. The van der Waals surface area contributed by atoms with E-state index in [1.165, 1.54) is 6.21 Å². The molecule has 1 N–H and O–H groups in total. The smallest absolute Gasteiger partial charge is 0.247 e. The van der Waals surface area contributed by atoms with Crippen LogP contribution in [-0.2, 0) is 10.0 Å². The number of anilines is 1. The average molecular weight is 269 g/mol. The Morgan fingerprint density at radius 1 is 1.28 bits per heavy atom. The second-order valence-corrected chi connectivity index (χ2v) is 5.97. The lowest BCUT2D eigenvalue weighted by molar-refractivity contribution is 0.583. The van der Waals surface area contributed by atoms with Crippen LogP contribution >= 0.6 is 0 Å². The first-order chi connectivity index (χ1) is 8.44. The molecule has 0 unspecified atom stereocenters. The predicted molar refractivity (Wildman–Crippen MR) is 75.6 cm³/mol. The van der Waals surface area contributed by atoms with Crippen molar-refractivity contribution in [2.75, 3.05) is 24.7 Å². The molecule has 0 amide bonds. The van der Waals surface area contributed by atoms with E-state index in [-0.39, 0.29) is 5.75 Å². The molecular formula is C12H19N3O2S. The molecule has 0 saturated carbocycles. The Morgan fingerprint density at radius 3 is 2.39 bits per heavy atom. The topological polar surface area (TPSA) is 61.8 Å². The lowest BCUT2D eigenvalue weighted by atomic mass is 10.2. The fraction of sp³-hybridized carbons (Fsp3) is 0.417. The largest absolute Gasteiger partial charge is 0.378 e. The van der Waals surface area contributed by atoms with Gasteiger partial charge in [-0.1, -0.05) is 19.1 Å². The van der Waals surface area contributed by atoms with Crippen molar-refractivity contribution in [3.05, 3.63) is 29.8 Å². The Hall–Kier alpha value is -1.56. The van der Waals surface area contributed by atoms with E-state index in [1.807, 2.05) is 50.2 Å². The third kappa shape index (κ3) is 4.75. The summed E-state index contributed by atoms with van der Waals surface area (Å²) in [5.74, 6) is 0.0872. The van der Waals surface area contributed by atoms with Crippen molar-refractivity contribution in [3.63, 3.8) is 0 Å². The Labute approximate surface area is 109 Å². The summed E-state index contributed by atoms with van der Waals surface area (Å²) in [7, 11) is 0.641. The molecular weight excluding hydrogens is 250 g/mol. The molecule has 1 rings (SSSR count). The Balaban J connectivity index is 2.63. The molecule has 1 aromatic rings. The maximum absolute atomic E-state index is 11.3. The minimum atomic E-state index is -3.28. The summed E-state index contributed by atoms with van der Waals surface area (Å²) >= 11 is 0. The number of benzene rings is 1. The Bertz CT molecular complexity index is 493. The fourth-order valence-corrected chi connectivity index (χ4v) is 2.20. The zero-order chi connectivity index (χ0) is 13.6. The first-order valence-corrected chi connectivity index (χ1v) is 7.40. The van der Waals surface area contributed by atoms with Crippen molar-refractivity contribution in [3.8, 4) is 0 Å². The van der Waals surface area contributed by atoms with Gasteiger partial charge in [0.2, 0.25) is 10.0 Å². The molecule has 100 valence electrons. The summed E-state index contributed by atoms with van der Waals surface area (Å²) in [6.07, 6.45) is 2.06. The van der Waals surface area contributed by atoms with Crippen LogP contribution in [0, 0.1) is 0 Å². The Morgan fingerprint density at radius 2 is 1.89 bits per heavy atom. The van der Waals surface area contributed by atoms with E-state index in [0.29, 0.717) is 6.42 Å². The van der Waals surface area contributed by atoms with Gasteiger partial charge in [-0.05, 0) is 24.1 Å². The van der Waals surface area contributed by atoms with Gasteiger partial charge in [0.1, 0.15) is 0 Å². The molecule has 0 aromatic heterocycles. The zero-order valence-electron chi connectivity index (χ0n) is 10.9. The monoisotopic (exact) mass is 269 g/mol. The van der Waals surface area contributed by atoms with E-state index < -0.39 is 10.0 Å². The van der Waals surface area contributed by atoms with Crippen LogP contribution in [0.4, 0.5) is 5.69 Å². The maximum Gasteiger partial charge on any atom is 0.247 e. The van der Waals surface area contributed by atoms with Crippen LogP contribution in [0.1, 0.15) is 18.9 Å². The molecule has 0 aliphatic carbocycles. The maximum atomic E-state index is 11.3. The van der Waals surface area contributed by atoms with Gasteiger partial charge in [0.15, 0.2) is 0 Å². The van der Waals surface area contributed by atoms with Gasteiger partial charge < -0.3 is 4.90 Å². The third-order valence-electron chi connectivity index (χ3n) is 2.29. The van der Waals surface area contributed by atoms with Gasteiger partial charge in [0, 0.05) is 19.8 Å². The Kier molecular flexibility index (Phi) is 5.15. The molecule has 0 aliphatic rings. The highest BCUT2D eigenvalue weighted by Gasteiger charge is 2.04. The highest BCUT2D eigenvalue weighted by Crippen LogP contribution is 2.10. The SMILES string of the molecule is CCCS(=O)(=O)NN=Cc1ccc(N(C)C)cc1. The van der Waals surface area contributed by atoms with Gasteiger partial charge in [-0.15, -0.1) is 0 Å². The molecule has 0 radical (unpaired) electrons. The van der Waals surface area contributed by atoms with E-state index in [0.717, 1.165) is 11.3 Å². The van der Waals surface area contributed by atoms with Crippen LogP contribution in [0.2, 0.25) is 0 Å². The lowest BCUT2D eigenvalue weighted by Crippen LogP contribution is -2.21. The molecule has 1 aromatic carbocycles. The number of hydrogen-bond acceptors (Lipinski definition) is 4. The molecule has 0 atom stereocenters. The highest BCUT2D eigenvalue weighted by molar-refractivity contribution is 7.89. The first-order valence-electron chi connectivity index (χ1n) is 5.74. The number of hydrazone groups is 1. The van der Waals surface area contributed by atoms with Crippen LogP contribution in [0.25, 0.3) is 0 Å². The van der Waals surface area contributed by atoms with Gasteiger partial charge in [-0.25, -0.2) is 13.2 Å². The lowest BCUT2D eigenvalue weighted by Gasteiger charge is -2.11. The zero-order valence-corrected chi connectivity index (χ0v) is 11.7. The van der Waals surface area contributed by atoms with Crippen LogP contribution in [0.5, 0.6) is 0 Å². The summed E-state index contributed by atoms with van der Waals surface area (Å²) in [4.78, 5) is 4.17. The van der Waals surface area contributed by atoms with Crippen molar-refractivity contribution in [1.29, 1.82) is 0 Å². The third-order valence-corrected chi connectivity index (χ3v) is 3.62. The molecule has 0 saturated heterocycles. The fourth-order valence-electron chi connectivity index (χ4n) is 1.35. The standard InChI is InChI=1S/C12H19N3O2S/c1-4-9-18(16,17)14-13-10-11-5-7-12(8-6-11)15(2)3/h5-8,10,14H,4,9H2,1-3H3. The van der Waals surface area contributed by atoms with Gasteiger partial charge in [0.25, 0.3) is 0 Å². The number of sulfonamides is 1. The molecule has 0 heterocycles. The summed E-state index contributed by atoms with van der Waals surface area (Å²) in [5.41, 5.74) is 1.93. The minimum absolute atomic E-state index is 0.0872. The number of nitrogens with one attached hydrogen (secondary N) is 1. The number of rotatable bonds is 6. The van der Waals surface area contributed by atoms with Crippen molar-refractivity contribution in [1.82, 2.24) is 4.83 Å². The minimum Gasteiger partial charge on any atom is -0.378 e. The molecule has 0 spiro atoms. The second kappa shape index (κ2) is 6.39. The van der Waals surface area contributed by atoms with E-state index in [9.17, 15) is 8.42 Å². The van der Waals surface area contributed by atoms with Crippen LogP contribution < -0.4 is 9.73 Å². The molecule has 0 aliphatic heterocycles. The quantitative estimate of drug-likeness (QED) is 0.627. The van der Waals surface area contributed by atoms with Crippen LogP contribution in [0.3, 0.4) is 0 Å². The van der Waals surface area contributed by atoms with Crippen LogP contribution in [-0.4, -0.2) is 34.5 Å². The summed E-state index contributed by atoms with van der Waals surface area (Å²) in [6.45, 7) is 1.81. The predicted octanol–water partition coefficient (Wildman–Crippen LogP) is 1.42. The molecule has 0 fully saturated rings. The van der Waals surface area contributed by atoms with E-state index in [4.69, 9.17) is 0 Å². The van der Waals surface area contributed by atoms with Gasteiger partial charge in [-0.2, -0.15) is 5.10 Å². The van der Waals surface area contributed by atoms with Crippen molar-refractivity contribution in [2.45, 2.75) is 13.3 Å². The van der Waals surface area contributed by atoms with E-state index >= 15 is 0 Å². The van der Waals surface area contributed by atoms with Crippen LogP contribution in [0.15, 0.2) is 29.4 Å². The van der Waals surface area contributed by atoms with Gasteiger partial charge in [-0.3, -0.25) is 0 Å². The summed E-state index contributed by atoms with van der Waals surface area (Å²) in [5, 5.41) is 3.73. The summed E-state index contributed by atoms with van der Waals surface area (Å²) < 4.78 is 22.7. The number of hydrogen-bond donors (Lipinski definition) is 1. The van der Waals surface area contributed by atoms with Gasteiger partial charge >= 0.3 is 0 Å². The first kappa shape index (κ1) is 14.5. The van der Waals surface area contributed by atoms with Gasteiger partial charge in [0.05, 0.1) is 12.0 Å². The molecule has 18 heavy (non-hydrogen) atoms. The van der Waals surface area contributed by atoms with Crippen molar-refractivity contribution >= 4 is 21.9 Å². The highest BCUT2D eigenvalue weighted by atomic mass is 32.2. The van der Waals surface area contributed by atoms with Crippen molar-refractivity contribution < 1.29 is 8.42 Å². The second-order valence-electron chi connectivity index (χ2n) is 4.15. The number of nitrogens with zero attached hydrogens (tertiary/aromatic N) is 2. The average Bonchev–Trinajstić information content (AvgIpc) is 2.29.